The van der Waals surface area contributed by atoms with Gasteiger partial charge in [0.05, 0.1) is 35.8 Å². The minimum atomic E-state index is -0.401. The van der Waals surface area contributed by atoms with Gasteiger partial charge in [-0.2, -0.15) is 0 Å². The largest absolute Gasteiger partial charge is 0.493 e. The standard InChI is InChI=1S/C20H17N5O4S3/c1-28-13-8-5-6-11(16(13)29-2)17(27)23-19-24-25-20(32-19)30-10-15(26)22-18-21-12-7-3-4-9-14(12)31-18/h3-9H,10H2,1-2H3,(H,21,22,26)(H,23,24,27). The van der Waals surface area contributed by atoms with Gasteiger partial charge in [-0.1, -0.05) is 52.6 Å². The van der Waals surface area contributed by atoms with Crippen molar-refractivity contribution in [3.05, 3.63) is 48.0 Å². The lowest BCUT2D eigenvalue weighted by Crippen LogP contribution is -2.13. The number of ether oxygens (including phenoxy) is 2. The van der Waals surface area contributed by atoms with E-state index in [2.05, 4.69) is 25.8 Å². The van der Waals surface area contributed by atoms with Gasteiger partial charge in [0, 0.05) is 0 Å². The monoisotopic (exact) mass is 487 g/mol. The summed E-state index contributed by atoms with van der Waals surface area (Å²) in [4.78, 5) is 29.3. The molecule has 0 aliphatic rings. The van der Waals surface area contributed by atoms with Crippen LogP contribution in [0, 0.1) is 0 Å². The van der Waals surface area contributed by atoms with Gasteiger partial charge in [0.15, 0.2) is 21.0 Å². The lowest BCUT2D eigenvalue weighted by molar-refractivity contribution is -0.113. The summed E-state index contributed by atoms with van der Waals surface area (Å²) in [5, 5.41) is 14.3. The summed E-state index contributed by atoms with van der Waals surface area (Å²) in [6.07, 6.45) is 0. The number of rotatable bonds is 8. The molecule has 2 aromatic heterocycles. The maximum absolute atomic E-state index is 12.6. The van der Waals surface area contributed by atoms with E-state index in [9.17, 15) is 9.59 Å². The fourth-order valence-electron chi connectivity index (χ4n) is 2.76. The van der Waals surface area contributed by atoms with Gasteiger partial charge in [0.25, 0.3) is 5.91 Å². The Labute approximate surface area is 195 Å². The molecule has 164 valence electrons. The normalized spacial score (nSPS) is 10.7. The number of thiazole rings is 1. The first kappa shape index (κ1) is 22.0. The van der Waals surface area contributed by atoms with Crippen LogP contribution in [0.15, 0.2) is 46.8 Å². The highest BCUT2D eigenvalue weighted by Gasteiger charge is 2.18. The van der Waals surface area contributed by atoms with Gasteiger partial charge in [-0.05, 0) is 24.3 Å². The molecule has 12 heteroatoms. The molecule has 32 heavy (non-hydrogen) atoms. The molecule has 0 aliphatic carbocycles. The molecule has 0 radical (unpaired) electrons. The van der Waals surface area contributed by atoms with E-state index in [0.29, 0.717) is 31.7 Å². The molecule has 2 aromatic carbocycles. The molecule has 0 spiro atoms. The van der Waals surface area contributed by atoms with Crippen LogP contribution in [-0.2, 0) is 4.79 Å². The van der Waals surface area contributed by atoms with E-state index >= 15 is 0 Å². The average molecular weight is 488 g/mol. The predicted molar refractivity (Wildman–Crippen MR) is 126 cm³/mol. The molecular formula is C20H17N5O4S3. The second-order valence-electron chi connectivity index (χ2n) is 6.19. The molecule has 2 N–H and O–H groups in total. The van der Waals surface area contributed by atoms with E-state index < -0.39 is 5.91 Å². The lowest BCUT2D eigenvalue weighted by atomic mass is 10.1. The Morgan fingerprint density at radius 1 is 0.969 bits per heavy atom. The fourth-order valence-corrected chi connectivity index (χ4v) is 5.19. The van der Waals surface area contributed by atoms with Crippen molar-refractivity contribution in [2.45, 2.75) is 4.34 Å². The average Bonchev–Trinajstić information content (AvgIpc) is 3.42. The summed E-state index contributed by atoms with van der Waals surface area (Å²) in [7, 11) is 2.97. The molecule has 4 aromatic rings. The van der Waals surface area contributed by atoms with Gasteiger partial charge in [-0.15, -0.1) is 10.2 Å². The summed E-state index contributed by atoms with van der Waals surface area (Å²) in [5.41, 5.74) is 1.16. The number of carbonyl (C=O) groups excluding carboxylic acids is 2. The summed E-state index contributed by atoms with van der Waals surface area (Å²) in [5.74, 6) is 0.325. The van der Waals surface area contributed by atoms with E-state index in [1.54, 1.807) is 18.2 Å². The minimum absolute atomic E-state index is 0.141. The zero-order chi connectivity index (χ0) is 22.5. The van der Waals surface area contributed by atoms with Crippen LogP contribution in [0.5, 0.6) is 11.5 Å². The van der Waals surface area contributed by atoms with Crippen molar-refractivity contribution in [3.63, 3.8) is 0 Å². The Kier molecular flexibility index (Phi) is 6.83. The van der Waals surface area contributed by atoms with Crippen LogP contribution in [0.1, 0.15) is 10.4 Å². The Morgan fingerprint density at radius 2 is 1.81 bits per heavy atom. The van der Waals surface area contributed by atoms with Crippen LogP contribution in [0.2, 0.25) is 0 Å². The lowest BCUT2D eigenvalue weighted by Gasteiger charge is -2.11. The number of hydrogen-bond acceptors (Lipinski definition) is 10. The third kappa shape index (κ3) is 4.98. The summed E-state index contributed by atoms with van der Waals surface area (Å²) in [6.45, 7) is 0. The van der Waals surface area contributed by atoms with E-state index in [-0.39, 0.29) is 11.7 Å². The number of nitrogens with one attached hydrogen (secondary N) is 2. The Hall–Kier alpha value is -3.22. The number of methoxy groups -OCH3 is 2. The zero-order valence-corrected chi connectivity index (χ0v) is 19.4. The van der Waals surface area contributed by atoms with Gasteiger partial charge in [0.2, 0.25) is 11.0 Å². The van der Waals surface area contributed by atoms with Crippen LogP contribution in [0.4, 0.5) is 10.3 Å². The number of fused-ring (bicyclic) bond motifs is 1. The number of hydrogen-bond donors (Lipinski definition) is 2. The van der Waals surface area contributed by atoms with Crippen LogP contribution in [0.3, 0.4) is 0 Å². The summed E-state index contributed by atoms with van der Waals surface area (Å²) >= 11 is 3.82. The minimum Gasteiger partial charge on any atom is -0.493 e. The topological polar surface area (TPSA) is 115 Å². The molecule has 4 rings (SSSR count). The molecule has 0 atom stereocenters. The maximum atomic E-state index is 12.6. The van der Waals surface area contributed by atoms with Gasteiger partial charge in [0.1, 0.15) is 0 Å². The molecule has 0 bridgehead atoms. The summed E-state index contributed by atoms with van der Waals surface area (Å²) < 4.78 is 12.1. The highest BCUT2D eigenvalue weighted by atomic mass is 32.2. The number of benzene rings is 2. The molecule has 2 amide bonds. The molecule has 0 saturated heterocycles. The van der Waals surface area contributed by atoms with Crippen molar-refractivity contribution in [2.75, 3.05) is 30.6 Å². The Morgan fingerprint density at radius 3 is 2.59 bits per heavy atom. The first-order valence-electron chi connectivity index (χ1n) is 9.21. The van der Waals surface area contributed by atoms with Gasteiger partial charge in [-0.25, -0.2) is 4.98 Å². The van der Waals surface area contributed by atoms with Gasteiger partial charge < -0.3 is 14.8 Å². The second kappa shape index (κ2) is 9.94. The Balaban J connectivity index is 1.34. The number of thioether (sulfide) groups is 1. The highest BCUT2D eigenvalue weighted by molar-refractivity contribution is 8.01. The Bertz CT molecular complexity index is 1240. The molecular weight excluding hydrogens is 470 g/mol. The number of para-hydroxylation sites is 2. The number of amides is 2. The van der Waals surface area contributed by atoms with Crippen LogP contribution >= 0.6 is 34.4 Å². The third-order valence-corrected chi connectivity index (χ3v) is 7.07. The van der Waals surface area contributed by atoms with Crippen molar-refractivity contribution < 1.29 is 19.1 Å². The molecule has 2 heterocycles. The predicted octanol–water partition coefficient (Wildman–Crippen LogP) is 4.15. The first-order valence-corrected chi connectivity index (χ1v) is 11.8. The second-order valence-corrected chi connectivity index (χ2v) is 9.42. The van der Waals surface area contributed by atoms with Crippen molar-refractivity contribution >= 4 is 66.7 Å². The number of carbonyl (C=O) groups is 2. The number of anilines is 2. The quantitative estimate of drug-likeness (QED) is 0.281. The van der Waals surface area contributed by atoms with Crippen molar-refractivity contribution in [2.24, 2.45) is 0 Å². The third-order valence-electron chi connectivity index (χ3n) is 4.14. The maximum Gasteiger partial charge on any atom is 0.261 e. The van der Waals surface area contributed by atoms with Crippen LogP contribution in [0.25, 0.3) is 10.2 Å². The first-order chi connectivity index (χ1) is 15.6. The van der Waals surface area contributed by atoms with E-state index in [0.717, 1.165) is 10.2 Å². The smallest absolute Gasteiger partial charge is 0.261 e. The molecule has 0 fully saturated rings. The fraction of sp³-hybridized carbons (Fsp3) is 0.150. The van der Waals surface area contributed by atoms with Gasteiger partial charge >= 0.3 is 0 Å². The highest BCUT2D eigenvalue weighted by Crippen LogP contribution is 2.32. The van der Waals surface area contributed by atoms with Crippen LogP contribution in [-0.4, -0.2) is 47.0 Å². The molecule has 0 aliphatic heterocycles. The molecule has 0 saturated carbocycles. The van der Waals surface area contributed by atoms with E-state index in [1.807, 2.05) is 24.3 Å². The van der Waals surface area contributed by atoms with E-state index in [1.165, 1.54) is 48.7 Å². The molecule has 9 nitrogen and oxygen atoms in total. The van der Waals surface area contributed by atoms with Crippen molar-refractivity contribution in [1.29, 1.82) is 0 Å². The zero-order valence-electron chi connectivity index (χ0n) is 16.9. The number of nitrogens with zero attached hydrogens (tertiary/aromatic N) is 3. The van der Waals surface area contributed by atoms with Crippen LogP contribution < -0.4 is 20.1 Å². The van der Waals surface area contributed by atoms with Crippen molar-refractivity contribution in [1.82, 2.24) is 15.2 Å². The van der Waals surface area contributed by atoms with Crippen molar-refractivity contribution in [3.8, 4) is 11.5 Å². The number of aromatic nitrogens is 3. The molecule has 0 unspecified atom stereocenters. The summed E-state index contributed by atoms with van der Waals surface area (Å²) in [6, 6.07) is 12.7. The SMILES string of the molecule is COc1cccc(C(=O)Nc2nnc(SCC(=O)Nc3nc4ccccc4s3)s2)c1OC. The van der Waals surface area contributed by atoms with Gasteiger partial charge in [-0.3, -0.25) is 14.9 Å². The van der Waals surface area contributed by atoms with E-state index in [4.69, 9.17) is 9.47 Å².